The van der Waals surface area contributed by atoms with E-state index in [2.05, 4.69) is 26.1 Å². The zero-order chi connectivity index (χ0) is 12.5. The maximum absolute atomic E-state index is 13.8. The van der Waals surface area contributed by atoms with Crippen LogP contribution in [0.25, 0.3) is 11.3 Å². The molecule has 2 nitrogen and oxygen atoms in total. The molecule has 1 aliphatic carbocycles. The Kier molecular flexibility index (Phi) is 3.20. The molecule has 94 valence electrons. The maximum Gasteiger partial charge on any atom is 0.133 e. The van der Waals surface area contributed by atoms with E-state index in [1.54, 1.807) is 6.07 Å². The Bertz CT molecular complexity index is 538. The lowest BCUT2D eigenvalue weighted by molar-refractivity contribution is 0.630. The lowest BCUT2D eigenvalue weighted by Crippen LogP contribution is -1.91. The summed E-state index contributed by atoms with van der Waals surface area (Å²) in [6.45, 7) is 0. The third-order valence-electron chi connectivity index (χ3n) is 3.61. The molecule has 18 heavy (non-hydrogen) atoms. The van der Waals surface area contributed by atoms with Crippen LogP contribution in [0.4, 0.5) is 4.39 Å². The summed E-state index contributed by atoms with van der Waals surface area (Å²) < 4.78 is 14.6. The third kappa shape index (κ3) is 2.09. The first-order chi connectivity index (χ1) is 8.75. The molecule has 4 heteroatoms. The molecule has 0 radical (unpaired) electrons. The summed E-state index contributed by atoms with van der Waals surface area (Å²) in [4.78, 5) is 0. The van der Waals surface area contributed by atoms with E-state index < -0.39 is 0 Å². The fraction of sp³-hybridized carbons (Fsp3) is 0.357. The summed E-state index contributed by atoms with van der Waals surface area (Å²) in [6.07, 6.45) is 4.98. The van der Waals surface area contributed by atoms with Crippen LogP contribution in [0.2, 0.25) is 0 Å². The van der Waals surface area contributed by atoms with Gasteiger partial charge >= 0.3 is 0 Å². The summed E-state index contributed by atoms with van der Waals surface area (Å²) >= 11 is 3.38. The Labute approximate surface area is 114 Å². The van der Waals surface area contributed by atoms with E-state index in [9.17, 15) is 4.39 Å². The summed E-state index contributed by atoms with van der Waals surface area (Å²) in [5.74, 6) is 0.325. The second-order valence-corrected chi connectivity index (χ2v) is 5.64. The molecule has 1 heterocycles. The number of H-pyrrole nitrogens is 1. The van der Waals surface area contributed by atoms with Gasteiger partial charge in [0.15, 0.2) is 0 Å². The standard InChI is InChI=1S/C14H14BrFN2/c15-10-6-3-7-11(16)14(10)13-8-12(17-18-13)9-4-1-2-5-9/h3,6-9H,1-2,4-5H2,(H,17,18). The van der Waals surface area contributed by atoms with E-state index in [1.807, 2.05) is 12.1 Å². The summed E-state index contributed by atoms with van der Waals surface area (Å²) in [5, 5.41) is 7.32. The molecule has 1 aromatic heterocycles. The second-order valence-electron chi connectivity index (χ2n) is 4.79. The zero-order valence-corrected chi connectivity index (χ0v) is 11.5. The van der Waals surface area contributed by atoms with E-state index >= 15 is 0 Å². The van der Waals surface area contributed by atoms with Crippen molar-refractivity contribution < 1.29 is 4.39 Å². The van der Waals surface area contributed by atoms with E-state index in [0.29, 0.717) is 17.2 Å². The van der Waals surface area contributed by atoms with Crippen molar-refractivity contribution in [3.8, 4) is 11.3 Å². The normalized spacial score (nSPS) is 16.3. The highest BCUT2D eigenvalue weighted by atomic mass is 79.9. The number of benzene rings is 1. The van der Waals surface area contributed by atoms with Crippen LogP contribution in [0.15, 0.2) is 28.7 Å². The quantitative estimate of drug-likeness (QED) is 0.860. The Morgan fingerprint density at radius 2 is 2.06 bits per heavy atom. The van der Waals surface area contributed by atoms with Crippen LogP contribution in [-0.2, 0) is 0 Å². The van der Waals surface area contributed by atoms with Gasteiger partial charge in [0, 0.05) is 16.1 Å². The third-order valence-corrected chi connectivity index (χ3v) is 4.27. The number of aromatic nitrogens is 2. The molecule has 0 bridgehead atoms. The predicted molar refractivity (Wildman–Crippen MR) is 72.9 cm³/mol. The molecule has 1 aromatic carbocycles. The molecule has 0 unspecified atom stereocenters. The molecule has 0 aliphatic heterocycles. The molecule has 0 spiro atoms. The molecule has 1 N–H and O–H groups in total. The molecule has 1 fully saturated rings. The van der Waals surface area contributed by atoms with Crippen molar-refractivity contribution in [1.29, 1.82) is 0 Å². The van der Waals surface area contributed by atoms with Crippen molar-refractivity contribution in [3.63, 3.8) is 0 Å². The van der Waals surface area contributed by atoms with Crippen LogP contribution in [0.1, 0.15) is 37.3 Å². The molecule has 1 aliphatic rings. The van der Waals surface area contributed by atoms with Crippen molar-refractivity contribution in [2.45, 2.75) is 31.6 Å². The number of halogens is 2. The Hall–Kier alpha value is -1.16. The molecule has 1 saturated carbocycles. The number of nitrogens with zero attached hydrogens (tertiary/aromatic N) is 1. The topological polar surface area (TPSA) is 28.7 Å². The van der Waals surface area contributed by atoms with Crippen molar-refractivity contribution in [3.05, 3.63) is 40.2 Å². The number of aromatic amines is 1. The van der Waals surface area contributed by atoms with Gasteiger partial charge in [-0.3, -0.25) is 5.10 Å². The van der Waals surface area contributed by atoms with Gasteiger partial charge in [-0.15, -0.1) is 0 Å². The number of hydrogen-bond acceptors (Lipinski definition) is 1. The minimum atomic E-state index is -0.242. The van der Waals surface area contributed by atoms with Gasteiger partial charge in [-0.25, -0.2) is 4.39 Å². The van der Waals surface area contributed by atoms with Crippen molar-refractivity contribution in [1.82, 2.24) is 10.2 Å². The second kappa shape index (κ2) is 4.84. The molecule has 0 saturated heterocycles. The van der Waals surface area contributed by atoms with Gasteiger partial charge in [-0.1, -0.05) is 18.9 Å². The van der Waals surface area contributed by atoms with Crippen LogP contribution in [0.3, 0.4) is 0 Å². The molecular formula is C14H14BrFN2. The maximum atomic E-state index is 13.8. The fourth-order valence-electron chi connectivity index (χ4n) is 2.65. The molecular weight excluding hydrogens is 295 g/mol. The Balaban J connectivity index is 1.97. The van der Waals surface area contributed by atoms with Gasteiger partial charge in [-0.2, -0.15) is 5.10 Å². The summed E-state index contributed by atoms with van der Waals surface area (Å²) in [7, 11) is 0. The van der Waals surface area contributed by atoms with Gasteiger partial charge in [0.25, 0.3) is 0 Å². The average molecular weight is 309 g/mol. The molecule has 0 amide bonds. The van der Waals surface area contributed by atoms with Gasteiger partial charge in [-0.05, 0) is 47.0 Å². The van der Waals surface area contributed by atoms with Crippen LogP contribution < -0.4 is 0 Å². The summed E-state index contributed by atoms with van der Waals surface area (Å²) in [5.41, 5.74) is 2.36. The smallest absolute Gasteiger partial charge is 0.133 e. The predicted octanol–water partition coefficient (Wildman–Crippen LogP) is 4.64. The van der Waals surface area contributed by atoms with E-state index in [1.165, 1.54) is 31.7 Å². The van der Waals surface area contributed by atoms with Crippen LogP contribution in [-0.4, -0.2) is 10.2 Å². The Morgan fingerprint density at radius 1 is 1.28 bits per heavy atom. The fourth-order valence-corrected chi connectivity index (χ4v) is 3.20. The minimum absolute atomic E-state index is 0.242. The SMILES string of the molecule is Fc1cccc(Br)c1-c1cc(C2CCCC2)[nH]n1. The van der Waals surface area contributed by atoms with Crippen LogP contribution in [0, 0.1) is 5.82 Å². The highest BCUT2D eigenvalue weighted by Crippen LogP contribution is 2.36. The lowest BCUT2D eigenvalue weighted by Gasteiger charge is -2.04. The van der Waals surface area contributed by atoms with Crippen LogP contribution in [0.5, 0.6) is 0 Å². The van der Waals surface area contributed by atoms with Gasteiger partial charge < -0.3 is 0 Å². The minimum Gasteiger partial charge on any atom is -0.282 e. The number of rotatable bonds is 2. The molecule has 2 aromatic rings. The zero-order valence-electron chi connectivity index (χ0n) is 9.92. The Morgan fingerprint density at radius 3 is 2.78 bits per heavy atom. The first kappa shape index (κ1) is 11.9. The highest BCUT2D eigenvalue weighted by Gasteiger charge is 2.20. The van der Waals surface area contributed by atoms with Gasteiger partial charge in [0.1, 0.15) is 5.82 Å². The summed E-state index contributed by atoms with van der Waals surface area (Å²) in [6, 6.07) is 6.97. The average Bonchev–Trinajstić information content (AvgIpc) is 2.99. The van der Waals surface area contributed by atoms with Crippen molar-refractivity contribution in [2.75, 3.05) is 0 Å². The number of hydrogen-bond donors (Lipinski definition) is 1. The lowest BCUT2D eigenvalue weighted by atomic mass is 10.0. The van der Waals surface area contributed by atoms with E-state index in [4.69, 9.17) is 0 Å². The largest absolute Gasteiger partial charge is 0.282 e. The van der Waals surface area contributed by atoms with Gasteiger partial charge in [0.05, 0.1) is 11.3 Å². The van der Waals surface area contributed by atoms with Crippen molar-refractivity contribution in [2.24, 2.45) is 0 Å². The molecule has 3 rings (SSSR count). The molecule has 0 atom stereocenters. The van der Waals surface area contributed by atoms with Crippen molar-refractivity contribution >= 4 is 15.9 Å². The van der Waals surface area contributed by atoms with E-state index in [0.717, 1.165) is 10.2 Å². The van der Waals surface area contributed by atoms with Crippen LogP contribution >= 0.6 is 15.9 Å². The monoisotopic (exact) mass is 308 g/mol. The number of nitrogens with one attached hydrogen (secondary N) is 1. The van der Waals surface area contributed by atoms with E-state index in [-0.39, 0.29) is 5.82 Å². The highest BCUT2D eigenvalue weighted by molar-refractivity contribution is 9.10. The first-order valence-electron chi connectivity index (χ1n) is 6.25. The van der Waals surface area contributed by atoms with Gasteiger partial charge in [0.2, 0.25) is 0 Å². The first-order valence-corrected chi connectivity index (χ1v) is 7.04.